The molecule has 0 amide bonds. The van der Waals surface area contributed by atoms with Crippen molar-refractivity contribution in [1.29, 1.82) is 0 Å². The van der Waals surface area contributed by atoms with Gasteiger partial charge >= 0.3 is 5.97 Å². The molecule has 4 heteroatoms. The van der Waals surface area contributed by atoms with E-state index in [4.69, 9.17) is 9.84 Å². The highest BCUT2D eigenvalue weighted by Crippen LogP contribution is 2.27. The summed E-state index contributed by atoms with van der Waals surface area (Å²) in [6.07, 6.45) is -0.168. The van der Waals surface area contributed by atoms with E-state index in [-0.39, 0.29) is 6.10 Å². The molecule has 1 fully saturated rings. The summed E-state index contributed by atoms with van der Waals surface area (Å²) in [4.78, 5) is 10.4. The van der Waals surface area contributed by atoms with Crippen LogP contribution in [0.5, 0.6) is 0 Å². The summed E-state index contributed by atoms with van der Waals surface area (Å²) in [6, 6.07) is 0. The SMILES string of the molecule is COC1C[C@@H](C(=O)O)CC1O. The van der Waals surface area contributed by atoms with E-state index >= 15 is 0 Å². The molecule has 11 heavy (non-hydrogen) atoms. The van der Waals surface area contributed by atoms with Gasteiger partial charge in [0.25, 0.3) is 0 Å². The summed E-state index contributed by atoms with van der Waals surface area (Å²) in [5, 5.41) is 17.8. The Morgan fingerprint density at radius 1 is 1.55 bits per heavy atom. The van der Waals surface area contributed by atoms with E-state index in [1.165, 1.54) is 7.11 Å². The molecular weight excluding hydrogens is 148 g/mol. The van der Waals surface area contributed by atoms with E-state index in [9.17, 15) is 9.90 Å². The van der Waals surface area contributed by atoms with Crippen LogP contribution < -0.4 is 0 Å². The Hall–Kier alpha value is -0.610. The molecule has 0 bridgehead atoms. The minimum absolute atomic E-state index is 0.295. The number of aliphatic hydroxyl groups excluding tert-OH is 1. The number of aliphatic hydroxyl groups is 1. The highest BCUT2D eigenvalue weighted by Gasteiger charge is 2.36. The van der Waals surface area contributed by atoms with Crippen molar-refractivity contribution in [3.8, 4) is 0 Å². The molecule has 1 aliphatic rings. The molecule has 64 valence electrons. The molecule has 0 heterocycles. The van der Waals surface area contributed by atoms with E-state index in [2.05, 4.69) is 0 Å². The maximum Gasteiger partial charge on any atom is 0.306 e. The summed E-state index contributed by atoms with van der Waals surface area (Å²) < 4.78 is 4.89. The Morgan fingerprint density at radius 2 is 2.18 bits per heavy atom. The van der Waals surface area contributed by atoms with Gasteiger partial charge in [0.15, 0.2) is 0 Å². The fourth-order valence-electron chi connectivity index (χ4n) is 1.43. The predicted molar refractivity (Wildman–Crippen MR) is 37.2 cm³/mol. The van der Waals surface area contributed by atoms with Crippen molar-refractivity contribution >= 4 is 5.97 Å². The third kappa shape index (κ3) is 1.70. The lowest BCUT2D eigenvalue weighted by atomic mass is 10.1. The number of hydrogen-bond donors (Lipinski definition) is 2. The Kier molecular flexibility index (Phi) is 2.46. The van der Waals surface area contributed by atoms with Crippen molar-refractivity contribution in [2.45, 2.75) is 25.0 Å². The van der Waals surface area contributed by atoms with Crippen molar-refractivity contribution in [1.82, 2.24) is 0 Å². The minimum Gasteiger partial charge on any atom is -0.481 e. The minimum atomic E-state index is -0.844. The van der Waals surface area contributed by atoms with E-state index in [0.29, 0.717) is 12.8 Å². The van der Waals surface area contributed by atoms with Crippen LogP contribution in [-0.4, -0.2) is 35.5 Å². The highest BCUT2D eigenvalue weighted by molar-refractivity contribution is 5.70. The van der Waals surface area contributed by atoms with Crippen LogP contribution >= 0.6 is 0 Å². The number of rotatable bonds is 2. The zero-order valence-electron chi connectivity index (χ0n) is 6.36. The molecule has 0 spiro atoms. The predicted octanol–water partition coefficient (Wildman–Crippen LogP) is -0.143. The topological polar surface area (TPSA) is 66.8 Å². The lowest BCUT2D eigenvalue weighted by Gasteiger charge is -2.10. The molecule has 4 nitrogen and oxygen atoms in total. The number of methoxy groups -OCH3 is 1. The first-order chi connectivity index (χ1) is 5.15. The van der Waals surface area contributed by atoms with E-state index in [1.54, 1.807) is 0 Å². The molecule has 3 atom stereocenters. The molecule has 2 N–H and O–H groups in total. The van der Waals surface area contributed by atoms with Crippen molar-refractivity contribution in [3.05, 3.63) is 0 Å². The van der Waals surface area contributed by atoms with Crippen LogP contribution in [-0.2, 0) is 9.53 Å². The van der Waals surface area contributed by atoms with Crippen molar-refractivity contribution in [2.24, 2.45) is 5.92 Å². The van der Waals surface area contributed by atoms with Gasteiger partial charge in [0.2, 0.25) is 0 Å². The number of aliphatic carboxylic acids is 1. The molecule has 0 radical (unpaired) electrons. The van der Waals surface area contributed by atoms with Crippen LogP contribution in [0.1, 0.15) is 12.8 Å². The number of carboxylic acids is 1. The van der Waals surface area contributed by atoms with Crippen LogP contribution in [0.2, 0.25) is 0 Å². The van der Waals surface area contributed by atoms with Crippen LogP contribution in [0, 0.1) is 5.92 Å². The van der Waals surface area contributed by atoms with E-state index < -0.39 is 18.0 Å². The molecule has 0 aliphatic heterocycles. The second-order valence-corrected chi connectivity index (χ2v) is 2.85. The molecule has 2 unspecified atom stereocenters. The van der Waals surface area contributed by atoms with Gasteiger partial charge in [-0.15, -0.1) is 0 Å². The summed E-state index contributed by atoms with van der Waals surface area (Å²) in [5.74, 6) is -1.28. The summed E-state index contributed by atoms with van der Waals surface area (Å²) >= 11 is 0. The lowest BCUT2D eigenvalue weighted by molar-refractivity contribution is -0.141. The van der Waals surface area contributed by atoms with Gasteiger partial charge in [0.05, 0.1) is 18.1 Å². The molecule has 0 saturated heterocycles. The molecule has 1 aliphatic carbocycles. The fraction of sp³-hybridized carbons (Fsp3) is 0.857. The first kappa shape index (κ1) is 8.49. The summed E-state index contributed by atoms with van der Waals surface area (Å²) in [6.45, 7) is 0. The van der Waals surface area contributed by atoms with Crippen LogP contribution in [0.25, 0.3) is 0 Å². The first-order valence-electron chi connectivity index (χ1n) is 3.58. The maximum atomic E-state index is 10.4. The molecule has 1 rings (SSSR count). The zero-order chi connectivity index (χ0) is 8.43. The van der Waals surface area contributed by atoms with Crippen molar-refractivity contribution in [2.75, 3.05) is 7.11 Å². The Morgan fingerprint density at radius 3 is 2.45 bits per heavy atom. The molecule has 0 aromatic rings. The number of carbonyl (C=O) groups is 1. The van der Waals surface area contributed by atoms with Gasteiger partial charge in [-0.3, -0.25) is 4.79 Å². The average molecular weight is 160 g/mol. The van der Waals surface area contributed by atoms with Gasteiger partial charge in [-0.1, -0.05) is 0 Å². The van der Waals surface area contributed by atoms with Gasteiger partial charge in [0, 0.05) is 7.11 Å². The van der Waals surface area contributed by atoms with Gasteiger partial charge in [-0.05, 0) is 12.8 Å². The first-order valence-corrected chi connectivity index (χ1v) is 3.58. The van der Waals surface area contributed by atoms with Gasteiger partial charge < -0.3 is 14.9 Å². The van der Waals surface area contributed by atoms with Crippen LogP contribution in [0.4, 0.5) is 0 Å². The van der Waals surface area contributed by atoms with Gasteiger partial charge in [0.1, 0.15) is 0 Å². The number of hydrogen-bond acceptors (Lipinski definition) is 3. The average Bonchev–Trinajstić information content (AvgIpc) is 2.31. The van der Waals surface area contributed by atoms with Gasteiger partial charge in [-0.2, -0.15) is 0 Å². The third-order valence-corrected chi connectivity index (χ3v) is 2.12. The van der Waals surface area contributed by atoms with E-state index in [0.717, 1.165) is 0 Å². The van der Waals surface area contributed by atoms with Crippen molar-refractivity contribution < 1.29 is 19.7 Å². The molecule has 1 saturated carbocycles. The highest BCUT2D eigenvalue weighted by atomic mass is 16.5. The molecular formula is C7H12O4. The monoisotopic (exact) mass is 160 g/mol. The Balaban J connectivity index is 2.49. The fourth-order valence-corrected chi connectivity index (χ4v) is 1.43. The Labute approximate surface area is 64.8 Å². The lowest BCUT2D eigenvalue weighted by Crippen LogP contribution is -2.20. The second-order valence-electron chi connectivity index (χ2n) is 2.85. The van der Waals surface area contributed by atoms with Gasteiger partial charge in [-0.25, -0.2) is 0 Å². The standard InChI is InChI=1S/C7H12O4/c1-11-6-3-4(7(9)10)2-5(6)8/h4-6,8H,2-3H2,1H3,(H,9,10)/t4-,5?,6?/m0/s1. The Bertz CT molecular complexity index is 157. The quantitative estimate of drug-likeness (QED) is 0.590. The maximum absolute atomic E-state index is 10.4. The van der Waals surface area contributed by atoms with E-state index in [1.807, 2.05) is 0 Å². The number of ether oxygens (including phenoxy) is 1. The second kappa shape index (κ2) is 3.19. The largest absolute Gasteiger partial charge is 0.481 e. The number of carboxylic acid groups (broad SMARTS) is 1. The van der Waals surface area contributed by atoms with Crippen LogP contribution in [0.15, 0.2) is 0 Å². The molecule has 0 aromatic heterocycles. The summed E-state index contributed by atoms with van der Waals surface area (Å²) in [5.41, 5.74) is 0. The van der Waals surface area contributed by atoms with Crippen molar-refractivity contribution in [3.63, 3.8) is 0 Å². The summed E-state index contributed by atoms with van der Waals surface area (Å²) in [7, 11) is 1.48. The molecule has 0 aromatic carbocycles. The zero-order valence-corrected chi connectivity index (χ0v) is 6.36. The van der Waals surface area contributed by atoms with Crippen LogP contribution in [0.3, 0.4) is 0 Å². The third-order valence-electron chi connectivity index (χ3n) is 2.12. The smallest absolute Gasteiger partial charge is 0.306 e. The normalized spacial score (nSPS) is 37.5.